The maximum atomic E-state index is 8.66. The molecule has 3 fully saturated rings. The SMILES string of the molecule is CC1CN(C)CCO1.CCC1CN(C)CCO1.CN1CCOC(CO)C1. The lowest BCUT2D eigenvalue weighted by Crippen LogP contribution is -2.41. The van der Waals surface area contributed by atoms with Crippen LogP contribution in [0.5, 0.6) is 0 Å². The van der Waals surface area contributed by atoms with Gasteiger partial charge in [-0.15, -0.1) is 0 Å². The predicted molar refractivity (Wildman–Crippen MR) is 105 cm³/mol. The zero-order chi connectivity index (χ0) is 19.4. The normalized spacial score (nSPS) is 31.4. The first kappa shape index (κ1) is 23.8. The van der Waals surface area contributed by atoms with Crippen LogP contribution in [0.4, 0.5) is 0 Å². The highest BCUT2D eigenvalue weighted by molar-refractivity contribution is 4.67. The summed E-state index contributed by atoms with van der Waals surface area (Å²) in [7, 11) is 6.30. The van der Waals surface area contributed by atoms with E-state index in [0.29, 0.717) is 12.2 Å². The molecule has 0 saturated carbocycles. The summed E-state index contributed by atoms with van der Waals surface area (Å²) in [5.74, 6) is 0. The number of likely N-dealkylation sites (N-methyl/N-ethyl adjacent to an activating group) is 3. The Morgan fingerprint density at radius 2 is 1.23 bits per heavy atom. The molecule has 26 heavy (non-hydrogen) atoms. The fourth-order valence-electron chi connectivity index (χ4n) is 3.08. The quantitative estimate of drug-likeness (QED) is 0.748. The Balaban J connectivity index is 0.000000195. The molecule has 7 heteroatoms. The van der Waals surface area contributed by atoms with E-state index in [1.165, 1.54) is 0 Å². The van der Waals surface area contributed by atoms with Gasteiger partial charge in [0.1, 0.15) is 0 Å². The predicted octanol–water partition coefficient (Wildman–Crippen LogP) is 0.373. The molecule has 7 nitrogen and oxygen atoms in total. The van der Waals surface area contributed by atoms with Crippen molar-refractivity contribution in [3.63, 3.8) is 0 Å². The van der Waals surface area contributed by atoms with Crippen molar-refractivity contribution in [2.45, 2.75) is 38.6 Å². The summed E-state index contributed by atoms with van der Waals surface area (Å²) < 4.78 is 16.0. The molecule has 3 atom stereocenters. The Morgan fingerprint density at radius 3 is 1.54 bits per heavy atom. The van der Waals surface area contributed by atoms with Crippen LogP contribution in [0.15, 0.2) is 0 Å². The molecule has 0 spiro atoms. The molecular weight excluding hydrogens is 334 g/mol. The van der Waals surface area contributed by atoms with Gasteiger partial charge in [0.25, 0.3) is 0 Å². The van der Waals surface area contributed by atoms with E-state index in [-0.39, 0.29) is 12.7 Å². The van der Waals surface area contributed by atoms with Gasteiger partial charge in [0.05, 0.1) is 44.7 Å². The smallest absolute Gasteiger partial charge is 0.0932 e. The first-order chi connectivity index (χ1) is 12.4. The molecule has 3 unspecified atom stereocenters. The summed E-state index contributed by atoms with van der Waals surface area (Å²) in [6.45, 7) is 13.2. The van der Waals surface area contributed by atoms with E-state index < -0.39 is 0 Å². The third-order valence-corrected chi connectivity index (χ3v) is 4.79. The average Bonchev–Trinajstić information content (AvgIpc) is 2.62. The number of nitrogens with zero attached hydrogens (tertiary/aromatic N) is 3. The number of morpholine rings is 3. The number of aliphatic hydroxyl groups is 1. The topological polar surface area (TPSA) is 57.6 Å². The van der Waals surface area contributed by atoms with Gasteiger partial charge in [-0.2, -0.15) is 0 Å². The van der Waals surface area contributed by atoms with E-state index in [9.17, 15) is 0 Å². The van der Waals surface area contributed by atoms with Crippen LogP contribution in [-0.4, -0.2) is 125 Å². The number of hydrogen-bond acceptors (Lipinski definition) is 7. The van der Waals surface area contributed by atoms with Crippen LogP contribution in [0.2, 0.25) is 0 Å². The molecule has 0 aliphatic carbocycles. The maximum Gasteiger partial charge on any atom is 0.0932 e. The number of hydrogen-bond donors (Lipinski definition) is 1. The lowest BCUT2D eigenvalue weighted by molar-refractivity contribution is -0.0453. The molecule has 0 bridgehead atoms. The largest absolute Gasteiger partial charge is 0.394 e. The maximum absolute atomic E-state index is 8.66. The molecule has 3 heterocycles. The van der Waals surface area contributed by atoms with Crippen molar-refractivity contribution < 1.29 is 19.3 Å². The number of aliphatic hydroxyl groups excluding tert-OH is 1. The molecule has 3 aliphatic heterocycles. The van der Waals surface area contributed by atoms with E-state index in [1.807, 2.05) is 7.05 Å². The highest BCUT2D eigenvalue weighted by atomic mass is 16.5. The van der Waals surface area contributed by atoms with Crippen LogP contribution in [0.1, 0.15) is 20.3 Å². The number of ether oxygens (including phenoxy) is 3. The third-order valence-electron chi connectivity index (χ3n) is 4.79. The molecule has 1 N–H and O–H groups in total. The Kier molecular flexibility index (Phi) is 12.6. The summed E-state index contributed by atoms with van der Waals surface area (Å²) in [5, 5.41) is 8.66. The Labute approximate surface area is 160 Å². The second-order valence-electron chi connectivity index (χ2n) is 7.54. The lowest BCUT2D eigenvalue weighted by Gasteiger charge is -2.29. The van der Waals surface area contributed by atoms with Crippen LogP contribution in [0, 0.1) is 0 Å². The molecule has 3 saturated heterocycles. The Morgan fingerprint density at radius 1 is 0.769 bits per heavy atom. The van der Waals surface area contributed by atoms with Crippen molar-refractivity contribution in [2.75, 3.05) is 86.8 Å². The highest BCUT2D eigenvalue weighted by Crippen LogP contribution is 2.05. The molecule has 156 valence electrons. The van der Waals surface area contributed by atoms with Crippen LogP contribution in [0.25, 0.3) is 0 Å². The zero-order valence-electron chi connectivity index (χ0n) is 17.5. The van der Waals surface area contributed by atoms with E-state index in [1.54, 1.807) is 0 Å². The number of rotatable bonds is 2. The van der Waals surface area contributed by atoms with Crippen LogP contribution < -0.4 is 0 Å². The Bertz CT molecular complexity index is 319. The summed E-state index contributed by atoms with van der Waals surface area (Å²) in [5.41, 5.74) is 0. The van der Waals surface area contributed by atoms with Crippen molar-refractivity contribution in [1.29, 1.82) is 0 Å². The van der Waals surface area contributed by atoms with Crippen LogP contribution in [0.3, 0.4) is 0 Å². The minimum atomic E-state index is 0.0451. The molecule has 0 aromatic heterocycles. The molecule has 3 aliphatic rings. The van der Waals surface area contributed by atoms with Gasteiger partial charge in [-0.1, -0.05) is 6.92 Å². The van der Waals surface area contributed by atoms with E-state index in [0.717, 1.165) is 65.5 Å². The van der Waals surface area contributed by atoms with Crippen molar-refractivity contribution >= 4 is 0 Å². The first-order valence-corrected chi connectivity index (χ1v) is 9.95. The summed E-state index contributed by atoms with van der Waals surface area (Å²) >= 11 is 0. The summed E-state index contributed by atoms with van der Waals surface area (Å²) in [4.78, 5) is 6.76. The monoisotopic (exact) mass is 375 g/mol. The van der Waals surface area contributed by atoms with Crippen LogP contribution >= 0.6 is 0 Å². The molecule has 0 radical (unpaired) electrons. The minimum absolute atomic E-state index is 0.0451. The van der Waals surface area contributed by atoms with E-state index in [2.05, 4.69) is 42.6 Å². The average molecular weight is 376 g/mol. The lowest BCUT2D eigenvalue weighted by atomic mass is 10.2. The minimum Gasteiger partial charge on any atom is -0.394 e. The first-order valence-electron chi connectivity index (χ1n) is 9.95. The zero-order valence-corrected chi connectivity index (χ0v) is 17.5. The molecule has 3 rings (SSSR count). The molecular formula is C19H41N3O4. The standard InChI is InChI=1S/C7H15NO.C6H13NO2.C6H13NO/c1-3-7-6-8(2)4-5-9-7;1-7-2-3-9-6(4-7)5-8;1-6-5-7(2)3-4-8-6/h7H,3-6H2,1-2H3;6,8H,2-5H2,1H3;6H,3-5H2,1-2H3. The third kappa shape index (κ3) is 10.8. The van der Waals surface area contributed by atoms with Gasteiger partial charge in [-0.3, -0.25) is 0 Å². The van der Waals surface area contributed by atoms with Gasteiger partial charge in [0, 0.05) is 39.3 Å². The second-order valence-corrected chi connectivity index (χ2v) is 7.54. The van der Waals surface area contributed by atoms with Crippen molar-refractivity contribution in [2.24, 2.45) is 0 Å². The van der Waals surface area contributed by atoms with Gasteiger partial charge in [0.2, 0.25) is 0 Å². The molecule has 0 aromatic rings. The molecule has 0 aromatic carbocycles. The van der Waals surface area contributed by atoms with Gasteiger partial charge < -0.3 is 34.0 Å². The van der Waals surface area contributed by atoms with Gasteiger partial charge >= 0.3 is 0 Å². The van der Waals surface area contributed by atoms with Gasteiger partial charge in [0.15, 0.2) is 0 Å². The summed E-state index contributed by atoms with van der Waals surface area (Å²) in [6.07, 6.45) is 2.12. The van der Waals surface area contributed by atoms with Crippen LogP contribution in [-0.2, 0) is 14.2 Å². The molecule has 0 amide bonds. The highest BCUT2D eigenvalue weighted by Gasteiger charge is 2.16. The van der Waals surface area contributed by atoms with E-state index >= 15 is 0 Å². The fraction of sp³-hybridized carbons (Fsp3) is 1.00. The van der Waals surface area contributed by atoms with Crippen molar-refractivity contribution in [3.8, 4) is 0 Å². The van der Waals surface area contributed by atoms with Gasteiger partial charge in [-0.25, -0.2) is 0 Å². The van der Waals surface area contributed by atoms with Gasteiger partial charge in [-0.05, 0) is 34.5 Å². The second kappa shape index (κ2) is 13.8. The van der Waals surface area contributed by atoms with Crippen molar-refractivity contribution in [1.82, 2.24) is 14.7 Å². The van der Waals surface area contributed by atoms with Crippen molar-refractivity contribution in [3.05, 3.63) is 0 Å². The summed E-state index contributed by atoms with van der Waals surface area (Å²) in [6, 6.07) is 0. The Hall–Kier alpha value is -0.280. The fourth-order valence-corrected chi connectivity index (χ4v) is 3.08. The van der Waals surface area contributed by atoms with E-state index in [4.69, 9.17) is 19.3 Å².